The molecule has 4 aromatic rings. The molecule has 1 saturated heterocycles. The van der Waals surface area contributed by atoms with Gasteiger partial charge in [-0.3, -0.25) is 9.36 Å². The zero-order chi connectivity index (χ0) is 22.1. The van der Waals surface area contributed by atoms with Gasteiger partial charge in [-0.05, 0) is 31.9 Å². The average Bonchev–Trinajstić information content (AvgIpc) is 3.19. The summed E-state index contributed by atoms with van der Waals surface area (Å²) < 4.78 is 3.56. The molecule has 0 bridgehead atoms. The van der Waals surface area contributed by atoms with Crippen molar-refractivity contribution in [1.82, 2.24) is 24.1 Å². The lowest BCUT2D eigenvalue weighted by molar-refractivity contribution is 0.496. The molecule has 1 fully saturated rings. The summed E-state index contributed by atoms with van der Waals surface area (Å²) in [6.45, 7) is 4.08. The molecule has 1 unspecified atom stereocenters. The summed E-state index contributed by atoms with van der Waals surface area (Å²) in [6, 6.07) is 9.80. The molecule has 8 nitrogen and oxygen atoms in total. The van der Waals surface area contributed by atoms with Gasteiger partial charge in [-0.1, -0.05) is 24.1 Å². The maximum Gasteiger partial charge on any atom is 0.277 e. The highest BCUT2D eigenvalue weighted by molar-refractivity contribution is 5.78. The van der Waals surface area contributed by atoms with Crippen LogP contribution in [-0.2, 0) is 13.1 Å². The molecule has 32 heavy (non-hydrogen) atoms. The fourth-order valence-electron chi connectivity index (χ4n) is 4.27. The van der Waals surface area contributed by atoms with Gasteiger partial charge in [0.2, 0.25) is 5.95 Å². The van der Waals surface area contributed by atoms with Crippen molar-refractivity contribution in [3.8, 4) is 11.8 Å². The van der Waals surface area contributed by atoms with Crippen LogP contribution in [0.1, 0.15) is 25.6 Å². The summed E-state index contributed by atoms with van der Waals surface area (Å²) in [7, 11) is 0. The van der Waals surface area contributed by atoms with E-state index in [4.69, 9.17) is 10.7 Å². The van der Waals surface area contributed by atoms with Gasteiger partial charge >= 0.3 is 0 Å². The molecular weight excluding hydrogens is 402 g/mol. The predicted molar refractivity (Wildman–Crippen MR) is 126 cm³/mol. The minimum atomic E-state index is -0.128. The smallest absolute Gasteiger partial charge is 0.277 e. The number of piperidine rings is 1. The summed E-state index contributed by atoms with van der Waals surface area (Å²) in [4.78, 5) is 29.5. The number of nitrogens with two attached hydrogens (primary N) is 1. The second-order valence-electron chi connectivity index (χ2n) is 8.10. The van der Waals surface area contributed by atoms with Crippen LogP contribution in [0.15, 0.2) is 47.5 Å². The van der Waals surface area contributed by atoms with Crippen molar-refractivity contribution in [1.29, 1.82) is 0 Å². The Morgan fingerprint density at radius 2 is 2.06 bits per heavy atom. The average molecular weight is 428 g/mol. The number of anilines is 1. The van der Waals surface area contributed by atoms with Gasteiger partial charge < -0.3 is 15.2 Å². The highest BCUT2D eigenvalue weighted by Gasteiger charge is 2.24. The first-order valence-electron chi connectivity index (χ1n) is 10.8. The molecule has 1 aliphatic heterocycles. The molecule has 0 amide bonds. The molecule has 162 valence electrons. The largest absolute Gasteiger partial charge is 0.341 e. The molecule has 1 aromatic carbocycles. The number of fused-ring (bicyclic) bond motifs is 2. The van der Waals surface area contributed by atoms with Crippen LogP contribution in [0.2, 0.25) is 0 Å². The molecule has 0 spiro atoms. The first kappa shape index (κ1) is 20.2. The number of pyridine rings is 1. The molecule has 2 N–H and O–H groups in total. The number of rotatable bonds is 4. The SMILES string of the molecule is CC#CCn1c(N2CCCC(N)C2)nc2ccn(Cc3ncc4ccccc4n3)c(=O)c21. The Hall–Kier alpha value is -3.70. The molecule has 4 heterocycles. The van der Waals surface area contributed by atoms with Crippen LogP contribution in [0, 0.1) is 11.8 Å². The van der Waals surface area contributed by atoms with E-state index in [1.165, 1.54) is 0 Å². The van der Waals surface area contributed by atoms with Crippen LogP contribution in [0.25, 0.3) is 21.9 Å². The molecule has 0 radical (unpaired) electrons. The van der Waals surface area contributed by atoms with Gasteiger partial charge in [0.15, 0.2) is 0 Å². The van der Waals surface area contributed by atoms with E-state index in [2.05, 4.69) is 26.7 Å². The Labute approximate surface area is 185 Å². The normalized spacial score (nSPS) is 16.3. The van der Waals surface area contributed by atoms with E-state index in [0.717, 1.165) is 42.8 Å². The minimum Gasteiger partial charge on any atom is -0.341 e. The van der Waals surface area contributed by atoms with Crippen LogP contribution < -0.4 is 16.2 Å². The zero-order valence-corrected chi connectivity index (χ0v) is 18.0. The number of hydrogen-bond donors (Lipinski definition) is 1. The maximum absolute atomic E-state index is 13.5. The van der Waals surface area contributed by atoms with Gasteiger partial charge in [0.25, 0.3) is 5.56 Å². The Morgan fingerprint density at radius 3 is 2.91 bits per heavy atom. The van der Waals surface area contributed by atoms with E-state index < -0.39 is 0 Å². The molecule has 1 atom stereocenters. The van der Waals surface area contributed by atoms with Gasteiger partial charge in [-0.25, -0.2) is 15.0 Å². The van der Waals surface area contributed by atoms with Crippen molar-refractivity contribution in [2.75, 3.05) is 18.0 Å². The van der Waals surface area contributed by atoms with Gasteiger partial charge in [-0.15, -0.1) is 5.92 Å². The third-order valence-corrected chi connectivity index (χ3v) is 5.86. The van der Waals surface area contributed by atoms with E-state index >= 15 is 0 Å². The molecular formula is C24H25N7O. The van der Waals surface area contributed by atoms with E-state index in [-0.39, 0.29) is 18.1 Å². The highest BCUT2D eigenvalue weighted by atomic mass is 16.1. The van der Waals surface area contributed by atoms with Crippen molar-refractivity contribution in [3.05, 3.63) is 58.9 Å². The topological polar surface area (TPSA) is 94.9 Å². The third-order valence-electron chi connectivity index (χ3n) is 5.86. The van der Waals surface area contributed by atoms with E-state index in [9.17, 15) is 4.79 Å². The van der Waals surface area contributed by atoms with E-state index in [1.807, 2.05) is 34.9 Å². The molecule has 0 saturated carbocycles. The summed E-state index contributed by atoms with van der Waals surface area (Å²) >= 11 is 0. The summed E-state index contributed by atoms with van der Waals surface area (Å²) in [5.74, 6) is 7.37. The first-order valence-corrected chi connectivity index (χ1v) is 10.8. The van der Waals surface area contributed by atoms with Gasteiger partial charge in [0.1, 0.15) is 11.3 Å². The van der Waals surface area contributed by atoms with Crippen molar-refractivity contribution in [2.45, 2.75) is 38.9 Å². The second kappa shape index (κ2) is 8.44. The van der Waals surface area contributed by atoms with Crippen LogP contribution in [0.3, 0.4) is 0 Å². The van der Waals surface area contributed by atoms with Crippen LogP contribution in [0.4, 0.5) is 5.95 Å². The van der Waals surface area contributed by atoms with Crippen molar-refractivity contribution >= 4 is 27.9 Å². The number of aromatic nitrogens is 5. The lowest BCUT2D eigenvalue weighted by Gasteiger charge is -2.31. The summed E-state index contributed by atoms with van der Waals surface area (Å²) in [5, 5.41) is 0.972. The Balaban J connectivity index is 1.58. The zero-order valence-electron chi connectivity index (χ0n) is 18.0. The fraction of sp³-hybridized carbons (Fsp3) is 0.333. The van der Waals surface area contributed by atoms with E-state index in [0.29, 0.717) is 23.4 Å². The molecule has 0 aliphatic carbocycles. The number of benzene rings is 1. The molecule has 1 aliphatic rings. The van der Waals surface area contributed by atoms with Crippen LogP contribution in [-0.4, -0.2) is 43.2 Å². The van der Waals surface area contributed by atoms with Crippen molar-refractivity contribution < 1.29 is 0 Å². The van der Waals surface area contributed by atoms with Crippen molar-refractivity contribution in [2.24, 2.45) is 5.73 Å². The lowest BCUT2D eigenvalue weighted by atomic mass is 10.1. The summed E-state index contributed by atoms with van der Waals surface area (Å²) in [6.07, 6.45) is 5.56. The lowest BCUT2D eigenvalue weighted by Crippen LogP contribution is -2.44. The number of imidazole rings is 1. The van der Waals surface area contributed by atoms with Crippen LogP contribution in [0.5, 0.6) is 0 Å². The van der Waals surface area contributed by atoms with Crippen molar-refractivity contribution in [3.63, 3.8) is 0 Å². The predicted octanol–water partition coefficient (Wildman–Crippen LogP) is 2.14. The maximum atomic E-state index is 13.5. The third kappa shape index (κ3) is 3.72. The van der Waals surface area contributed by atoms with Gasteiger partial charge in [0.05, 0.1) is 24.1 Å². The van der Waals surface area contributed by atoms with Gasteiger partial charge in [0, 0.05) is 36.9 Å². The quantitative estimate of drug-likeness (QED) is 0.502. The monoisotopic (exact) mass is 427 g/mol. The van der Waals surface area contributed by atoms with E-state index in [1.54, 1.807) is 23.9 Å². The Bertz CT molecular complexity index is 1410. The first-order chi connectivity index (χ1) is 15.6. The molecule has 3 aromatic heterocycles. The minimum absolute atomic E-state index is 0.107. The second-order valence-corrected chi connectivity index (χ2v) is 8.10. The number of hydrogen-bond acceptors (Lipinski definition) is 6. The number of nitrogens with zero attached hydrogens (tertiary/aromatic N) is 6. The Morgan fingerprint density at radius 1 is 1.19 bits per heavy atom. The van der Waals surface area contributed by atoms with Gasteiger partial charge in [-0.2, -0.15) is 0 Å². The fourth-order valence-corrected chi connectivity index (χ4v) is 4.27. The summed E-state index contributed by atoms with van der Waals surface area (Å²) in [5.41, 5.74) is 8.14. The highest BCUT2D eigenvalue weighted by Crippen LogP contribution is 2.23. The van der Waals surface area contributed by atoms with Crippen LogP contribution >= 0.6 is 0 Å². The molecule has 8 heteroatoms. The molecule has 5 rings (SSSR count). The standard InChI is InChI=1S/C24H25N7O/c1-2-3-12-31-22-20(28-24(31)30-11-6-8-18(25)15-30)10-13-29(23(22)32)16-21-26-14-17-7-4-5-9-19(17)27-21/h4-5,7,9-10,13-14,18H,6,8,11-12,15-16,25H2,1H3. The number of para-hydroxylation sites is 1. The Kier molecular flexibility index (Phi) is 5.33.